The third-order valence-electron chi connectivity index (χ3n) is 4.19. The largest absolute Gasteiger partial charge is 0.444 e. The van der Waals surface area contributed by atoms with Gasteiger partial charge in [0.15, 0.2) is 0 Å². The highest BCUT2D eigenvalue weighted by Gasteiger charge is 2.31. The van der Waals surface area contributed by atoms with Gasteiger partial charge in [-0.3, -0.25) is 4.79 Å². The number of ether oxygens (including phenoxy) is 1. The number of rotatable bonds is 2. The van der Waals surface area contributed by atoms with Crippen LogP contribution in [0, 0.1) is 12.8 Å². The Kier molecular flexibility index (Phi) is 5.52. The second kappa shape index (κ2) is 7.24. The number of piperidine rings is 1. The van der Waals surface area contributed by atoms with E-state index in [4.69, 9.17) is 4.74 Å². The van der Waals surface area contributed by atoms with E-state index in [2.05, 4.69) is 12.2 Å². The number of aryl methyl sites for hydroxylation is 1. The van der Waals surface area contributed by atoms with E-state index >= 15 is 0 Å². The summed E-state index contributed by atoms with van der Waals surface area (Å²) < 4.78 is 5.31. The smallest absolute Gasteiger partial charge is 0.407 e. The van der Waals surface area contributed by atoms with Crippen LogP contribution in [-0.4, -0.2) is 41.6 Å². The number of hydrogen-bond acceptors (Lipinski definition) is 3. The van der Waals surface area contributed by atoms with E-state index < -0.39 is 11.7 Å². The van der Waals surface area contributed by atoms with Crippen LogP contribution in [0.3, 0.4) is 0 Å². The maximum atomic E-state index is 12.6. The Labute approximate surface area is 144 Å². The quantitative estimate of drug-likeness (QED) is 0.903. The molecule has 1 saturated heterocycles. The van der Waals surface area contributed by atoms with Crippen molar-refractivity contribution >= 4 is 12.0 Å². The van der Waals surface area contributed by atoms with Crippen LogP contribution < -0.4 is 5.32 Å². The summed E-state index contributed by atoms with van der Waals surface area (Å²) in [4.78, 5) is 26.4. The molecule has 0 aromatic heterocycles. The summed E-state index contributed by atoms with van der Waals surface area (Å²) in [5, 5.41) is 2.93. The number of benzene rings is 1. The van der Waals surface area contributed by atoms with Crippen LogP contribution in [0.5, 0.6) is 0 Å². The topological polar surface area (TPSA) is 58.6 Å². The van der Waals surface area contributed by atoms with Gasteiger partial charge in [-0.15, -0.1) is 0 Å². The van der Waals surface area contributed by atoms with Gasteiger partial charge in [-0.05, 0) is 52.2 Å². The Morgan fingerprint density at radius 1 is 1.21 bits per heavy atom. The lowest BCUT2D eigenvalue weighted by atomic mass is 9.93. The minimum Gasteiger partial charge on any atom is -0.444 e. The summed E-state index contributed by atoms with van der Waals surface area (Å²) >= 11 is 0. The van der Waals surface area contributed by atoms with Crippen molar-refractivity contribution < 1.29 is 14.3 Å². The first-order chi connectivity index (χ1) is 11.2. The maximum absolute atomic E-state index is 12.6. The summed E-state index contributed by atoms with van der Waals surface area (Å²) in [5.41, 5.74) is 1.35. The molecule has 0 spiro atoms. The molecule has 2 rings (SSSR count). The highest BCUT2D eigenvalue weighted by Crippen LogP contribution is 2.20. The number of carbonyl (C=O) groups is 2. The minimum atomic E-state index is -0.505. The zero-order valence-electron chi connectivity index (χ0n) is 15.3. The van der Waals surface area contributed by atoms with Gasteiger partial charge >= 0.3 is 6.09 Å². The number of amides is 2. The Balaban J connectivity index is 1.91. The second-order valence-electron chi connectivity index (χ2n) is 7.64. The molecule has 2 amide bonds. The summed E-state index contributed by atoms with van der Waals surface area (Å²) in [6, 6.07) is 7.67. The molecule has 0 radical (unpaired) electrons. The summed E-state index contributed by atoms with van der Waals surface area (Å²) in [7, 11) is 0. The molecule has 1 aromatic rings. The molecule has 0 saturated carbocycles. The van der Waals surface area contributed by atoms with Gasteiger partial charge in [0.25, 0.3) is 5.91 Å². The monoisotopic (exact) mass is 332 g/mol. The zero-order valence-corrected chi connectivity index (χ0v) is 15.3. The van der Waals surface area contributed by atoms with E-state index in [0.29, 0.717) is 18.7 Å². The Bertz CT molecular complexity index is 590. The maximum Gasteiger partial charge on any atom is 0.407 e. The third-order valence-corrected chi connectivity index (χ3v) is 4.19. The normalized spacial score (nSPS) is 21.3. The Morgan fingerprint density at radius 3 is 2.38 bits per heavy atom. The minimum absolute atomic E-state index is 0.0296. The average molecular weight is 332 g/mol. The molecule has 1 aliphatic heterocycles. The molecular formula is C19H28N2O3. The van der Waals surface area contributed by atoms with Crippen molar-refractivity contribution in [3.63, 3.8) is 0 Å². The molecule has 0 bridgehead atoms. The Hall–Kier alpha value is -2.04. The molecular weight excluding hydrogens is 304 g/mol. The van der Waals surface area contributed by atoms with Crippen molar-refractivity contribution in [3.05, 3.63) is 35.4 Å². The molecule has 1 fully saturated rings. The van der Waals surface area contributed by atoms with Crippen molar-refractivity contribution in [1.29, 1.82) is 0 Å². The second-order valence-corrected chi connectivity index (χ2v) is 7.64. The summed E-state index contributed by atoms with van der Waals surface area (Å²) in [6.07, 6.45) is 0.343. The van der Waals surface area contributed by atoms with Crippen molar-refractivity contribution in [1.82, 2.24) is 10.2 Å². The van der Waals surface area contributed by atoms with Gasteiger partial charge in [0, 0.05) is 24.7 Å². The van der Waals surface area contributed by atoms with E-state index in [1.807, 2.05) is 56.9 Å². The molecule has 0 unspecified atom stereocenters. The van der Waals surface area contributed by atoms with Crippen LogP contribution in [0.4, 0.5) is 4.79 Å². The van der Waals surface area contributed by atoms with Gasteiger partial charge in [0.2, 0.25) is 0 Å². The molecule has 5 heteroatoms. The molecule has 1 heterocycles. The average Bonchev–Trinajstić information content (AvgIpc) is 2.47. The van der Waals surface area contributed by atoms with Gasteiger partial charge in [-0.2, -0.15) is 0 Å². The van der Waals surface area contributed by atoms with E-state index in [0.717, 1.165) is 12.0 Å². The van der Waals surface area contributed by atoms with Crippen LogP contribution in [-0.2, 0) is 4.74 Å². The van der Waals surface area contributed by atoms with Gasteiger partial charge in [-0.1, -0.05) is 24.6 Å². The number of hydrogen-bond donors (Lipinski definition) is 1. The first-order valence-electron chi connectivity index (χ1n) is 8.51. The van der Waals surface area contributed by atoms with Crippen molar-refractivity contribution in [3.8, 4) is 0 Å². The van der Waals surface area contributed by atoms with E-state index in [-0.39, 0.29) is 17.9 Å². The molecule has 1 N–H and O–H groups in total. The van der Waals surface area contributed by atoms with Crippen LogP contribution in [0.1, 0.15) is 50.0 Å². The molecule has 0 aliphatic carbocycles. The first kappa shape index (κ1) is 18.3. The highest BCUT2D eigenvalue weighted by molar-refractivity contribution is 5.94. The highest BCUT2D eigenvalue weighted by atomic mass is 16.6. The van der Waals surface area contributed by atoms with Gasteiger partial charge in [0.1, 0.15) is 5.60 Å². The van der Waals surface area contributed by atoms with E-state index in [9.17, 15) is 9.59 Å². The standard InChI is InChI=1S/C19H28N2O3/c1-13-6-8-15(9-7-13)17(22)21-11-10-16(14(2)12-21)20-18(23)24-19(3,4)5/h6-9,14,16H,10-12H2,1-5H3,(H,20,23)/t14-,16+/m1/s1. The van der Waals surface area contributed by atoms with Crippen molar-refractivity contribution in [2.75, 3.05) is 13.1 Å². The van der Waals surface area contributed by atoms with Gasteiger partial charge in [0.05, 0.1) is 0 Å². The molecule has 24 heavy (non-hydrogen) atoms. The van der Waals surface area contributed by atoms with Crippen molar-refractivity contribution in [2.45, 2.75) is 52.7 Å². The SMILES string of the molecule is Cc1ccc(C(=O)N2CC[C@H](NC(=O)OC(C)(C)C)[C@H](C)C2)cc1. The van der Waals surface area contributed by atoms with Crippen LogP contribution in [0.2, 0.25) is 0 Å². The zero-order chi connectivity index (χ0) is 17.9. The molecule has 132 valence electrons. The Morgan fingerprint density at radius 2 is 1.83 bits per heavy atom. The number of likely N-dealkylation sites (tertiary alicyclic amines) is 1. The molecule has 1 aromatic carbocycles. The van der Waals surface area contributed by atoms with E-state index in [1.54, 1.807) is 0 Å². The fourth-order valence-electron chi connectivity index (χ4n) is 2.88. The summed E-state index contributed by atoms with van der Waals surface area (Å²) in [5.74, 6) is 0.234. The molecule has 5 nitrogen and oxygen atoms in total. The predicted octanol–water partition coefficient (Wildman–Crippen LogP) is 3.37. The summed E-state index contributed by atoms with van der Waals surface area (Å²) in [6.45, 7) is 10.9. The number of nitrogens with zero attached hydrogens (tertiary/aromatic N) is 1. The lowest BCUT2D eigenvalue weighted by molar-refractivity contribution is 0.0431. The van der Waals surface area contributed by atoms with Crippen LogP contribution >= 0.6 is 0 Å². The van der Waals surface area contributed by atoms with E-state index in [1.165, 1.54) is 0 Å². The van der Waals surface area contributed by atoms with Gasteiger partial charge in [-0.25, -0.2) is 4.79 Å². The van der Waals surface area contributed by atoms with Crippen LogP contribution in [0.15, 0.2) is 24.3 Å². The van der Waals surface area contributed by atoms with Crippen LogP contribution in [0.25, 0.3) is 0 Å². The number of carbonyl (C=O) groups excluding carboxylic acids is 2. The number of nitrogens with one attached hydrogen (secondary N) is 1. The van der Waals surface area contributed by atoms with Crippen molar-refractivity contribution in [2.24, 2.45) is 5.92 Å². The third kappa shape index (κ3) is 4.98. The lowest BCUT2D eigenvalue weighted by Gasteiger charge is -2.37. The number of alkyl carbamates (subject to hydrolysis) is 1. The van der Waals surface area contributed by atoms with Gasteiger partial charge < -0.3 is 15.0 Å². The fourth-order valence-corrected chi connectivity index (χ4v) is 2.88. The molecule has 1 aliphatic rings. The fraction of sp³-hybridized carbons (Fsp3) is 0.579. The lowest BCUT2D eigenvalue weighted by Crippen LogP contribution is -2.52. The molecule has 2 atom stereocenters. The predicted molar refractivity (Wildman–Crippen MR) is 94.0 cm³/mol. The first-order valence-corrected chi connectivity index (χ1v) is 8.51.